The molecule has 2 aromatic rings. The summed E-state index contributed by atoms with van der Waals surface area (Å²) in [4.78, 5) is 2.24. The van der Waals surface area contributed by atoms with Crippen molar-refractivity contribution >= 4 is 0 Å². The lowest BCUT2D eigenvalue weighted by molar-refractivity contribution is -0.140. The van der Waals surface area contributed by atoms with Crippen molar-refractivity contribution in [3.8, 4) is 17.3 Å². The molecule has 0 atom stereocenters. The van der Waals surface area contributed by atoms with Crippen LogP contribution >= 0.6 is 0 Å². The second kappa shape index (κ2) is 3.98. The van der Waals surface area contributed by atoms with Gasteiger partial charge in [0.15, 0.2) is 0 Å². The Balaban J connectivity index is 2.56. The zero-order valence-electron chi connectivity index (χ0n) is 8.55. The van der Waals surface area contributed by atoms with E-state index in [0.29, 0.717) is 5.56 Å². The van der Waals surface area contributed by atoms with Crippen LogP contribution in [0.5, 0.6) is 0 Å². The molecule has 0 aliphatic heterocycles. The molecule has 0 saturated carbocycles. The number of nitrogens with zero attached hydrogens (tertiary/aromatic N) is 1. The summed E-state index contributed by atoms with van der Waals surface area (Å²) in [6.07, 6.45) is -4.47. The third kappa shape index (κ3) is 2.16. The van der Waals surface area contributed by atoms with Crippen LogP contribution in [-0.2, 0) is 6.18 Å². The Hall–Kier alpha value is -2.22. The van der Waals surface area contributed by atoms with Crippen molar-refractivity contribution < 1.29 is 13.2 Å². The van der Waals surface area contributed by atoms with E-state index in [9.17, 15) is 13.2 Å². The first-order chi connectivity index (χ1) is 8.02. The summed E-state index contributed by atoms with van der Waals surface area (Å²) in [5.41, 5.74) is -0.170. The van der Waals surface area contributed by atoms with Gasteiger partial charge in [-0.15, -0.1) is 0 Å². The summed E-state index contributed by atoms with van der Waals surface area (Å²) in [5, 5.41) is 8.82. The predicted octanol–water partition coefficient (Wildman–Crippen LogP) is 3.57. The molecule has 0 spiro atoms. The lowest BCUT2D eigenvalue weighted by atomic mass is 10.1. The third-order valence-electron chi connectivity index (χ3n) is 2.31. The van der Waals surface area contributed by atoms with Gasteiger partial charge in [0.25, 0.3) is 0 Å². The number of rotatable bonds is 1. The smallest absolute Gasteiger partial charge is 0.350 e. The van der Waals surface area contributed by atoms with Gasteiger partial charge in [-0.2, -0.15) is 18.4 Å². The van der Waals surface area contributed by atoms with Crippen molar-refractivity contribution in [2.45, 2.75) is 6.18 Å². The maximum absolute atomic E-state index is 12.5. The zero-order chi connectivity index (χ0) is 12.5. The first-order valence-corrected chi connectivity index (χ1v) is 4.78. The van der Waals surface area contributed by atoms with Gasteiger partial charge in [0, 0.05) is 0 Å². The summed E-state index contributed by atoms with van der Waals surface area (Å²) < 4.78 is 37.5. The second-order valence-corrected chi connectivity index (χ2v) is 3.45. The summed E-state index contributed by atoms with van der Waals surface area (Å²) in [5.74, 6) is 0. The van der Waals surface area contributed by atoms with Crippen molar-refractivity contribution in [1.82, 2.24) is 4.98 Å². The maximum Gasteiger partial charge on any atom is 0.431 e. The molecule has 1 heterocycles. The number of aromatic amines is 1. The molecule has 17 heavy (non-hydrogen) atoms. The van der Waals surface area contributed by atoms with E-state index in [0.717, 1.165) is 6.07 Å². The molecule has 1 aromatic carbocycles. The Morgan fingerprint density at radius 3 is 2.29 bits per heavy atom. The molecular weight excluding hydrogens is 229 g/mol. The molecule has 1 N–H and O–H groups in total. The Morgan fingerprint density at radius 2 is 1.76 bits per heavy atom. The Morgan fingerprint density at radius 1 is 1.12 bits per heavy atom. The standard InChI is InChI=1S/C12H7F3N2/c13-12(14,15)10-6-9(7-16)11(17-10)8-4-2-1-3-5-8/h1-6,17H. The molecule has 5 heteroatoms. The minimum absolute atomic E-state index is 0.0106. The van der Waals surface area contributed by atoms with Crippen molar-refractivity contribution in [2.24, 2.45) is 0 Å². The van der Waals surface area contributed by atoms with Gasteiger partial charge in [-0.05, 0) is 11.6 Å². The fourth-order valence-corrected chi connectivity index (χ4v) is 1.53. The van der Waals surface area contributed by atoms with E-state index in [-0.39, 0.29) is 11.3 Å². The van der Waals surface area contributed by atoms with Gasteiger partial charge in [-0.3, -0.25) is 0 Å². The number of halogens is 3. The summed E-state index contributed by atoms with van der Waals surface area (Å²) in [7, 11) is 0. The molecule has 86 valence electrons. The van der Waals surface area contributed by atoms with E-state index < -0.39 is 11.9 Å². The number of benzene rings is 1. The lowest BCUT2D eigenvalue weighted by Gasteiger charge is -2.02. The van der Waals surface area contributed by atoms with E-state index in [4.69, 9.17) is 5.26 Å². The van der Waals surface area contributed by atoms with E-state index in [1.165, 1.54) is 0 Å². The average molecular weight is 236 g/mol. The molecule has 0 bridgehead atoms. The van der Waals surface area contributed by atoms with Crippen molar-refractivity contribution in [1.29, 1.82) is 5.26 Å². The predicted molar refractivity (Wildman–Crippen MR) is 55.9 cm³/mol. The number of aromatic nitrogens is 1. The van der Waals surface area contributed by atoms with Gasteiger partial charge in [0.1, 0.15) is 11.8 Å². The molecule has 0 amide bonds. The van der Waals surface area contributed by atoms with E-state index in [2.05, 4.69) is 4.98 Å². The van der Waals surface area contributed by atoms with E-state index in [1.54, 1.807) is 36.4 Å². The van der Waals surface area contributed by atoms with Crippen molar-refractivity contribution in [2.75, 3.05) is 0 Å². The Bertz CT molecular complexity index is 562. The fourth-order valence-electron chi connectivity index (χ4n) is 1.53. The Labute approximate surface area is 95.3 Å². The Kier molecular flexibility index (Phi) is 2.64. The van der Waals surface area contributed by atoms with Gasteiger partial charge < -0.3 is 4.98 Å². The molecular formula is C12H7F3N2. The largest absolute Gasteiger partial charge is 0.431 e. The highest BCUT2D eigenvalue weighted by Crippen LogP contribution is 2.33. The molecule has 1 aromatic heterocycles. The highest BCUT2D eigenvalue weighted by Gasteiger charge is 2.33. The number of hydrogen-bond acceptors (Lipinski definition) is 1. The second-order valence-electron chi connectivity index (χ2n) is 3.45. The van der Waals surface area contributed by atoms with Crippen LogP contribution in [0.4, 0.5) is 13.2 Å². The summed E-state index contributed by atoms with van der Waals surface area (Å²) >= 11 is 0. The number of hydrogen-bond donors (Lipinski definition) is 1. The molecule has 0 unspecified atom stereocenters. The molecule has 0 saturated heterocycles. The molecule has 0 aliphatic rings. The monoisotopic (exact) mass is 236 g/mol. The van der Waals surface area contributed by atoms with E-state index in [1.807, 2.05) is 0 Å². The lowest BCUT2D eigenvalue weighted by Crippen LogP contribution is -2.04. The zero-order valence-corrected chi connectivity index (χ0v) is 8.55. The van der Waals surface area contributed by atoms with Crippen molar-refractivity contribution in [3.05, 3.63) is 47.7 Å². The summed E-state index contributed by atoms with van der Waals surface area (Å²) in [6, 6.07) is 11.0. The maximum atomic E-state index is 12.5. The van der Waals surface area contributed by atoms with Crippen LogP contribution in [0.25, 0.3) is 11.3 Å². The van der Waals surface area contributed by atoms with Crippen LogP contribution < -0.4 is 0 Å². The van der Waals surface area contributed by atoms with Crippen LogP contribution in [0.15, 0.2) is 36.4 Å². The SMILES string of the molecule is N#Cc1cc(C(F)(F)F)[nH]c1-c1ccccc1. The number of H-pyrrole nitrogens is 1. The van der Waals surface area contributed by atoms with Crippen LogP contribution in [-0.4, -0.2) is 4.98 Å². The minimum Gasteiger partial charge on any atom is -0.350 e. The van der Waals surface area contributed by atoms with E-state index >= 15 is 0 Å². The van der Waals surface area contributed by atoms with Crippen molar-refractivity contribution in [3.63, 3.8) is 0 Å². The number of nitriles is 1. The van der Waals surface area contributed by atoms with Gasteiger partial charge in [-0.1, -0.05) is 30.3 Å². The molecule has 2 nitrogen and oxygen atoms in total. The normalized spacial score (nSPS) is 11.2. The first kappa shape index (κ1) is 11.3. The van der Waals surface area contributed by atoms with Crippen LogP contribution in [0, 0.1) is 11.3 Å². The van der Waals surface area contributed by atoms with Crippen LogP contribution in [0.2, 0.25) is 0 Å². The van der Waals surface area contributed by atoms with Gasteiger partial charge in [-0.25, -0.2) is 0 Å². The van der Waals surface area contributed by atoms with Gasteiger partial charge in [0.05, 0.1) is 11.3 Å². The third-order valence-corrected chi connectivity index (χ3v) is 2.31. The topological polar surface area (TPSA) is 39.6 Å². The fraction of sp³-hybridized carbons (Fsp3) is 0.0833. The van der Waals surface area contributed by atoms with Gasteiger partial charge in [0.2, 0.25) is 0 Å². The summed E-state index contributed by atoms with van der Waals surface area (Å²) in [6.45, 7) is 0. The number of alkyl halides is 3. The first-order valence-electron chi connectivity index (χ1n) is 4.78. The molecule has 2 rings (SSSR count). The quantitative estimate of drug-likeness (QED) is 0.807. The molecule has 0 aliphatic carbocycles. The highest BCUT2D eigenvalue weighted by molar-refractivity contribution is 5.67. The minimum atomic E-state index is -4.47. The highest BCUT2D eigenvalue weighted by atomic mass is 19.4. The molecule has 0 radical (unpaired) electrons. The average Bonchev–Trinajstić information content (AvgIpc) is 2.73. The van der Waals surface area contributed by atoms with Crippen LogP contribution in [0.3, 0.4) is 0 Å². The number of nitrogens with one attached hydrogen (secondary N) is 1. The van der Waals surface area contributed by atoms with Gasteiger partial charge >= 0.3 is 6.18 Å². The van der Waals surface area contributed by atoms with Crippen LogP contribution in [0.1, 0.15) is 11.3 Å². The molecule has 0 fully saturated rings.